The summed E-state index contributed by atoms with van der Waals surface area (Å²) in [5.41, 5.74) is 1.02. The monoisotopic (exact) mass is 506 g/mol. The van der Waals surface area contributed by atoms with Crippen molar-refractivity contribution in [2.24, 2.45) is 0 Å². The van der Waals surface area contributed by atoms with Gasteiger partial charge >= 0.3 is 6.18 Å². The Balaban J connectivity index is 1.64. The van der Waals surface area contributed by atoms with Gasteiger partial charge in [0.25, 0.3) is 0 Å². The van der Waals surface area contributed by atoms with Gasteiger partial charge in [0, 0.05) is 22.6 Å². The SMILES string of the molecule is Cc1ccc(C#Cc2ccc(C#Cc3cc(F)c4c(F)c(C#CC(F)(F)F)c(F)cc4c3)c(F)c2)cc1. The number of benzene rings is 4. The van der Waals surface area contributed by atoms with E-state index in [1.165, 1.54) is 18.1 Å². The Morgan fingerprint density at radius 3 is 1.89 bits per heavy atom. The minimum atomic E-state index is -4.98. The lowest BCUT2D eigenvalue weighted by atomic mass is 10.0. The molecule has 0 spiro atoms. The van der Waals surface area contributed by atoms with Crippen LogP contribution in [0.3, 0.4) is 0 Å². The first-order chi connectivity index (χ1) is 17.5. The van der Waals surface area contributed by atoms with Gasteiger partial charge in [0.1, 0.15) is 17.5 Å². The molecule has 0 aliphatic rings. The zero-order valence-corrected chi connectivity index (χ0v) is 18.9. The van der Waals surface area contributed by atoms with E-state index in [9.17, 15) is 30.7 Å². The molecule has 37 heavy (non-hydrogen) atoms. The topological polar surface area (TPSA) is 0 Å². The summed E-state index contributed by atoms with van der Waals surface area (Å²) < 4.78 is 94.9. The van der Waals surface area contributed by atoms with E-state index >= 15 is 0 Å². The van der Waals surface area contributed by atoms with Crippen molar-refractivity contribution < 1.29 is 30.7 Å². The molecule has 0 amide bonds. The summed E-state index contributed by atoms with van der Waals surface area (Å²) in [5.74, 6) is 8.16. The molecule has 0 saturated heterocycles. The highest BCUT2D eigenvalue weighted by Crippen LogP contribution is 2.28. The van der Waals surface area contributed by atoms with Gasteiger partial charge in [0.15, 0.2) is 5.82 Å². The molecule has 4 aromatic carbocycles. The standard InChI is InChI=1S/C30H13F7/c1-18-2-4-19(5-3-18)6-7-20-8-10-22(25(31)15-20)11-9-21-14-23-17-26(32)24(12-13-30(35,36)37)29(34)28(23)27(33)16-21/h2-5,8,10,14-17H,1H3. The largest absolute Gasteiger partial charge is 0.458 e. The van der Waals surface area contributed by atoms with Gasteiger partial charge in [0.05, 0.1) is 16.5 Å². The summed E-state index contributed by atoms with van der Waals surface area (Å²) in [6.45, 7) is 1.95. The first-order valence-electron chi connectivity index (χ1n) is 10.6. The van der Waals surface area contributed by atoms with Gasteiger partial charge in [-0.3, -0.25) is 0 Å². The van der Waals surface area contributed by atoms with Gasteiger partial charge in [-0.1, -0.05) is 47.3 Å². The Labute approximate surface area is 207 Å². The number of alkyl halides is 3. The number of hydrogen-bond donors (Lipinski definition) is 0. The van der Waals surface area contributed by atoms with E-state index in [4.69, 9.17) is 0 Å². The molecule has 0 saturated carbocycles. The van der Waals surface area contributed by atoms with Crippen LogP contribution in [0.1, 0.15) is 33.4 Å². The van der Waals surface area contributed by atoms with Crippen LogP contribution in [-0.2, 0) is 0 Å². The lowest BCUT2D eigenvalue weighted by molar-refractivity contribution is -0.0696. The summed E-state index contributed by atoms with van der Waals surface area (Å²) in [4.78, 5) is 0. The predicted octanol–water partition coefficient (Wildman–Crippen LogP) is 7.42. The van der Waals surface area contributed by atoms with Gasteiger partial charge in [-0.05, 0) is 60.8 Å². The average Bonchev–Trinajstić information content (AvgIpc) is 2.82. The minimum Gasteiger partial charge on any atom is -0.206 e. The van der Waals surface area contributed by atoms with E-state index in [1.54, 1.807) is 6.07 Å². The molecule has 0 fully saturated rings. The molecule has 0 bridgehead atoms. The number of aryl methyl sites for hydroxylation is 1. The molecule has 0 aliphatic heterocycles. The second-order valence-electron chi connectivity index (χ2n) is 7.91. The van der Waals surface area contributed by atoms with E-state index < -0.39 is 40.4 Å². The fourth-order valence-electron chi connectivity index (χ4n) is 3.35. The number of rotatable bonds is 0. The highest BCUT2D eigenvalue weighted by molar-refractivity contribution is 5.87. The first-order valence-corrected chi connectivity index (χ1v) is 10.6. The van der Waals surface area contributed by atoms with Gasteiger partial charge < -0.3 is 0 Å². The molecule has 7 heteroatoms. The Morgan fingerprint density at radius 2 is 1.22 bits per heavy atom. The van der Waals surface area contributed by atoms with Crippen LogP contribution in [0.4, 0.5) is 30.7 Å². The first kappa shape index (κ1) is 25.4. The van der Waals surface area contributed by atoms with Crippen LogP contribution >= 0.6 is 0 Å². The summed E-state index contributed by atoms with van der Waals surface area (Å²) in [5, 5.41) is -1.01. The fourth-order valence-corrected chi connectivity index (χ4v) is 3.35. The molecule has 0 aromatic heterocycles. The third-order valence-electron chi connectivity index (χ3n) is 5.12. The molecule has 182 valence electrons. The summed E-state index contributed by atoms with van der Waals surface area (Å²) in [6.07, 6.45) is -4.98. The van der Waals surface area contributed by atoms with Crippen molar-refractivity contribution in [1.29, 1.82) is 0 Å². The summed E-state index contributed by atoms with van der Waals surface area (Å²) in [7, 11) is 0. The second kappa shape index (κ2) is 10.1. The van der Waals surface area contributed by atoms with Crippen LogP contribution in [0.2, 0.25) is 0 Å². The fraction of sp³-hybridized carbons (Fsp3) is 0.0667. The van der Waals surface area contributed by atoms with Crippen molar-refractivity contribution in [2.45, 2.75) is 13.1 Å². The van der Waals surface area contributed by atoms with Crippen LogP contribution in [-0.4, -0.2) is 6.18 Å². The highest BCUT2D eigenvalue weighted by Gasteiger charge is 2.24. The van der Waals surface area contributed by atoms with E-state index in [2.05, 4.69) is 23.7 Å². The van der Waals surface area contributed by atoms with Crippen LogP contribution in [0.15, 0.2) is 60.7 Å². The molecule has 0 atom stereocenters. The molecule has 0 aliphatic carbocycles. The molecular weight excluding hydrogens is 493 g/mol. The molecule has 0 N–H and O–H groups in total. The smallest absolute Gasteiger partial charge is 0.206 e. The molecule has 0 radical (unpaired) electrons. The zero-order valence-electron chi connectivity index (χ0n) is 18.9. The minimum absolute atomic E-state index is 0.0171. The maximum absolute atomic E-state index is 14.6. The molecule has 0 heterocycles. The van der Waals surface area contributed by atoms with Gasteiger partial charge in [-0.15, -0.1) is 0 Å². The van der Waals surface area contributed by atoms with Gasteiger partial charge in [-0.2, -0.15) is 13.2 Å². The molecule has 0 unspecified atom stereocenters. The van der Waals surface area contributed by atoms with Crippen LogP contribution < -0.4 is 0 Å². The van der Waals surface area contributed by atoms with Crippen molar-refractivity contribution in [3.05, 3.63) is 117 Å². The average molecular weight is 506 g/mol. The van der Waals surface area contributed by atoms with Crippen molar-refractivity contribution in [3.8, 4) is 35.5 Å². The van der Waals surface area contributed by atoms with Crippen molar-refractivity contribution >= 4 is 10.8 Å². The Hall–Kier alpha value is -4.67. The molecule has 0 nitrogen and oxygen atoms in total. The van der Waals surface area contributed by atoms with Crippen LogP contribution in [0, 0.1) is 65.7 Å². The van der Waals surface area contributed by atoms with Crippen LogP contribution in [0.25, 0.3) is 10.8 Å². The highest BCUT2D eigenvalue weighted by atomic mass is 19.4. The Bertz CT molecular complexity index is 1710. The van der Waals surface area contributed by atoms with Gasteiger partial charge in [0.2, 0.25) is 0 Å². The Morgan fingerprint density at radius 1 is 0.595 bits per heavy atom. The van der Waals surface area contributed by atoms with Crippen molar-refractivity contribution in [3.63, 3.8) is 0 Å². The second-order valence-corrected chi connectivity index (χ2v) is 7.91. The van der Waals surface area contributed by atoms with E-state index in [1.807, 2.05) is 31.2 Å². The number of fused-ring (bicyclic) bond motifs is 1. The summed E-state index contributed by atoms with van der Waals surface area (Å²) in [6, 6.07) is 14.3. The molecule has 4 rings (SSSR count). The third-order valence-corrected chi connectivity index (χ3v) is 5.12. The van der Waals surface area contributed by atoms with Crippen molar-refractivity contribution in [2.75, 3.05) is 0 Å². The van der Waals surface area contributed by atoms with E-state index in [-0.39, 0.29) is 16.5 Å². The molecule has 4 aromatic rings. The number of halogens is 7. The summed E-state index contributed by atoms with van der Waals surface area (Å²) >= 11 is 0. The maximum atomic E-state index is 14.6. The predicted molar refractivity (Wildman–Crippen MR) is 126 cm³/mol. The van der Waals surface area contributed by atoms with Gasteiger partial charge in [-0.25, -0.2) is 17.6 Å². The normalized spacial score (nSPS) is 10.6. The quantitative estimate of drug-likeness (QED) is 0.172. The number of hydrogen-bond acceptors (Lipinski definition) is 0. The Kier molecular flexibility index (Phi) is 6.96. The van der Waals surface area contributed by atoms with Crippen molar-refractivity contribution in [1.82, 2.24) is 0 Å². The molecular formula is C30H13F7. The van der Waals surface area contributed by atoms with E-state index in [0.29, 0.717) is 11.6 Å². The van der Waals surface area contributed by atoms with Crippen LogP contribution in [0.5, 0.6) is 0 Å². The third kappa shape index (κ3) is 6.13. The zero-order chi connectivity index (χ0) is 26.7. The lowest BCUT2D eigenvalue weighted by Crippen LogP contribution is -2.03. The lowest BCUT2D eigenvalue weighted by Gasteiger charge is -2.06. The van der Waals surface area contributed by atoms with E-state index in [0.717, 1.165) is 29.2 Å². The maximum Gasteiger partial charge on any atom is 0.458 e.